The lowest BCUT2D eigenvalue weighted by molar-refractivity contribution is -0.134. The van der Waals surface area contributed by atoms with E-state index in [1.54, 1.807) is 0 Å². The fourth-order valence-electron chi connectivity index (χ4n) is 2.82. The number of nitrogens with one attached hydrogen (secondary N) is 2. The Bertz CT molecular complexity index is 272. The maximum absolute atomic E-state index is 11.9. The predicted octanol–water partition coefficient (Wildman–Crippen LogP) is 0.213. The number of carbonyl (C=O) groups excluding carboxylic acids is 1. The Morgan fingerprint density at radius 1 is 1.42 bits per heavy atom. The van der Waals surface area contributed by atoms with Gasteiger partial charge in [0.1, 0.15) is 6.10 Å². The van der Waals surface area contributed by atoms with Gasteiger partial charge in [-0.2, -0.15) is 0 Å². The molecular weight excluding hydrogens is 242 g/mol. The van der Waals surface area contributed by atoms with Gasteiger partial charge in [0.15, 0.2) is 0 Å². The fraction of sp³-hybridized carbons (Fsp3) is 0.929. The predicted molar refractivity (Wildman–Crippen MR) is 75.1 cm³/mol. The van der Waals surface area contributed by atoms with Gasteiger partial charge in [0.2, 0.25) is 5.91 Å². The Labute approximate surface area is 116 Å². The summed E-state index contributed by atoms with van der Waals surface area (Å²) in [5, 5.41) is 6.23. The van der Waals surface area contributed by atoms with Crippen molar-refractivity contribution in [2.75, 3.05) is 45.9 Å². The van der Waals surface area contributed by atoms with Gasteiger partial charge >= 0.3 is 0 Å². The van der Waals surface area contributed by atoms with Crippen LogP contribution >= 0.6 is 0 Å². The molecule has 5 heteroatoms. The zero-order valence-corrected chi connectivity index (χ0v) is 12.0. The van der Waals surface area contributed by atoms with Gasteiger partial charge in [-0.3, -0.25) is 4.79 Å². The minimum Gasteiger partial charge on any atom is -0.366 e. The van der Waals surface area contributed by atoms with Gasteiger partial charge in [0.25, 0.3) is 0 Å². The van der Waals surface area contributed by atoms with Crippen LogP contribution in [-0.2, 0) is 9.53 Å². The van der Waals surface area contributed by atoms with E-state index in [9.17, 15) is 4.79 Å². The second kappa shape index (κ2) is 7.82. The monoisotopic (exact) mass is 269 g/mol. The number of ether oxygens (including phenoxy) is 1. The van der Waals surface area contributed by atoms with E-state index in [1.165, 1.54) is 38.9 Å². The highest BCUT2D eigenvalue weighted by Gasteiger charge is 2.23. The number of likely N-dealkylation sites (tertiary alicyclic amines) is 1. The van der Waals surface area contributed by atoms with Crippen LogP contribution in [0.3, 0.4) is 0 Å². The van der Waals surface area contributed by atoms with Crippen molar-refractivity contribution in [3.63, 3.8) is 0 Å². The van der Waals surface area contributed by atoms with Crippen LogP contribution in [-0.4, -0.2) is 62.8 Å². The van der Waals surface area contributed by atoms with E-state index < -0.39 is 0 Å². The van der Waals surface area contributed by atoms with Gasteiger partial charge in [-0.05, 0) is 44.8 Å². The summed E-state index contributed by atoms with van der Waals surface area (Å²) < 4.78 is 5.45. The van der Waals surface area contributed by atoms with Crippen LogP contribution in [0.15, 0.2) is 0 Å². The van der Waals surface area contributed by atoms with E-state index in [2.05, 4.69) is 22.5 Å². The van der Waals surface area contributed by atoms with Crippen LogP contribution in [0, 0.1) is 5.92 Å². The third-order valence-corrected chi connectivity index (χ3v) is 4.03. The summed E-state index contributed by atoms with van der Waals surface area (Å²) >= 11 is 0. The minimum absolute atomic E-state index is 0.0446. The summed E-state index contributed by atoms with van der Waals surface area (Å²) in [6, 6.07) is 0. The van der Waals surface area contributed by atoms with Crippen molar-refractivity contribution in [2.24, 2.45) is 5.92 Å². The van der Waals surface area contributed by atoms with Crippen molar-refractivity contribution in [1.82, 2.24) is 15.5 Å². The molecule has 0 spiro atoms. The van der Waals surface area contributed by atoms with Gasteiger partial charge in [-0.1, -0.05) is 6.92 Å². The van der Waals surface area contributed by atoms with Gasteiger partial charge in [0.05, 0.1) is 6.61 Å². The van der Waals surface area contributed by atoms with Crippen molar-refractivity contribution in [3.05, 3.63) is 0 Å². The molecule has 2 aliphatic rings. The van der Waals surface area contributed by atoms with Crippen LogP contribution in [0.4, 0.5) is 0 Å². The number of carbonyl (C=O) groups is 1. The summed E-state index contributed by atoms with van der Waals surface area (Å²) in [6.45, 7) is 8.71. The highest BCUT2D eigenvalue weighted by atomic mass is 16.5. The van der Waals surface area contributed by atoms with Gasteiger partial charge in [-0.25, -0.2) is 0 Å². The summed E-state index contributed by atoms with van der Waals surface area (Å²) in [6.07, 6.45) is 3.33. The van der Waals surface area contributed by atoms with E-state index in [-0.39, 0.29) is 12.0 Å². The first kappa shape index (κ1) is 14.8. The molecule has 0 aliphatic carbocycles. The lowest BCUT2D eigenvalue weighted by Gasteiger charge is -2.32. The molecule has 2 heterocycles. The minimum atomic E-state index is -0.297. The topological polar surface area (TPSA) is 53.6 Å². The SMILES string of the molecule is CCCN1CCC(CNC(=O)C2CNCCO2)CC1. The summed E-state index contributed by atoms with van der Waals surface area (Å²) in [7, 11) is 0. The average molecular weight is 269 g/mol. The normalized spacial score (nSPS) is 26.3. The van der Waals surface area contributed by atoms with Crippen molar-refractivity contribution in [2.45, 2.75) is 32.3 Å². The maximum Gasteiger partial charge on any atom is 0.250 e. The van der Waals surface area contributed by atoms with Gasteiger partial charge in [0, 0.05) is 19.6 Å². The van der Waals surface area contributed by atoms with Crippen molar-refractivity contribution < 1.29 is 9.53 Å². The third-order valence-electron chi connectivity index (χ3n) is 4.03. The molecule has 2 aliphatic heterocycles. The third kappa shape index (κ3) is 4.75. The Morgan fingerprint density at radius 3 is 2.84 bits per heavy atom. The highest BCUT2D eigenvalue weighted by molar-refractivity contribution is 5.81. The number of hydrogen-bond donors (Lipinski definition) is 2. The number of rotatable bonds is 5. The van der Waals surface area contributed by atoms with E-state index in [0.29, 0.717) is 19.1 Å². The molecule has 2 rings (SSSR count). The lowest BCUT2D eigenvalue weighted by Crippen LogP contribution is -2.49. The standard InChI is InChI=1S/C14H27N3O2/c1-2-6-17-7-3-12(4-8-17)10-16-14(18)13-11-15-5-9-19-13/h12-13,15H,2-11H2,1H3,(H,16,18). The molecule has 2 fully saturated rings. The second-order valence-electron chi connectivity index (χ2n) is 5.59. The first-order valence-electron chi connectivity index (χ1n) is 7.62. The summed E-state index contributed by atoms with van der Waals surface area (Å²) in [5.41, 5.74) is 0. The molecule has 1 atom stereocenters. The van der Waals surface area contributed by atoms with Crippen molar-refractivity contribution >= 4 is 5.91 Å². The smallest absolute Gasteiger partial charge is 0.250 e. The van der Waals surface area contributed by atoms with Gasteiger partial charge in [-0.15, -0.1) is 0 Å². The zero-order valence-electron chi connectivity index (χ0n) is 12.0. The fourth-order valence-corrected chi connectivity index (χ4v) is 2.82. The molecule has 0 aromatic carbocycles. The summed E-state index contributed by atoms with van der Waals surface area (Å²) in [5.74, 6) is 0.678. The molecule has 0 bridgehead atoms. The number of amides is 1. The van der Waals surface area contributed by atoms with Gasteiger partial charge < -0.3 is 20.3 Å². The largest absolute Gasteiger partial charge is 0.366 e. The lowest BCUT2D eigenvalue weighted by atomic mass is 9.96. The van der Waals surface area contributed by atoms with Crippen LogP contribution in [0.2, 0.25) is 0 Å². The van der Waals surface area contributed by atoms with Crippen LogP contribution < -0.4 is 10.6 Å². The Hall–Kier alpha value is -0.650. The summed E-state index contributed by atoms with van der Waals surface area (Å²) in [4.78, 5) is 14.4. The molecule has 1 unspecified atom stereocenters. The molecule has 0 saturated carbocycles. The maximum atomic E-state index is 11.9. The average Bonchev–Trinajstić information content (AvgIpc) is 2.47. The molecule has 0 radical (unpaired) electrons. The molecule has 2 N–H and O–H groups in total. The number of nitrogens with zero attached hydrogens (tertiary/aromatic N) is 1. The van der Waals surface area contributed by atoms with E-state index in [4.69, 9.17) is 4.74 Å². The molecular formula is C14H27N3O2. The molecule has 0 aromatic rings. The van der Waals surface area contributed by atoms with Crippen molar-refractivity contribution in [3.8, 4) is 0 Å². The second-order valence-corrected chi connectivity index (χ2v) is 5.59. The zero-order chi connectivity index (χ0) is 13.5. The molecule has 2 saturated heterocycles. The molecule has 110 valence electrons. The quantitative estimate of drug-likeness (QED) is 0.749. The molecule has 1 amide bonds. The van der Waals surface area contributed by atoms with E-state index in [1.807, 2.05) is 0 Å². The van der Waals surface area contributed by atoms with Crippen LogP contribution in [0.5, 0.6) is 0 Å². The first-order valence-corrected chi connectivity index (χ1v) is 7.62. The molecule has 0 aromatic heterocycles. The molecule has 19 heavy (non-hydrogen) atoms. The molecule has 5 nitrogen and oxygen atoms in total. The van der Waals surface area contributed by atoms with E-state index >= 15 is 0 Å². The van der Waals surface area contributed by atoms with E-state index in [0.717, 1.165) is 13.1 Å². The number of morpholine rings is 1. The highest BCUT2D eigenvalue weighted by Crippen LogP contribution is 2.16. The van der Waals surface area contributed by atoms with Crippen molar-refractivity contribution in [1.29, 1.82) is 0 Å². The van der Waals surface area contributed by atoms with Crippen LogP contribution in [0.25, 0.3) is 0 Å². The number of piperidine rings is 1. The Kier molecular flexibility index (Phi) is 6.07. The Balaban J connectivity index is 1.61. The number of hydrogen-bond acceptors (Lipinski definition) is 4. The van der Waals surface area contributed by atoms with Crippen LogP contribution in [0.1, 0.15) is 26.2 Å². The first-order chi connectivity index (χ1) is 9.29. The Morgan fingerprint density at radius 2 is 2.21 bits per heavy atom.